The van der Waals surface area contributed by atoms with Crippen LogP contribution in [-0.4, -0.2) is 28.5 Å². The molecule has 120 valence electrons. The third-order valence-electron chi connectivity index (χ3n) is 2.41. The molecular formula is C10H9F7N2O2. The molecule has 0 N–H and O–H groups in total. The van der Waals surface area contributed by atoms with Crippen LogP contribution in [0.1, 0.15) is 35.1 Å². The highest BCUT2D eigenvalue weighted by Gasteiger charge is 2.62. The van der Waals surface area contributed by atoms with E-state index in [1.807, 2.05) is 0 Å². The van der Waals surface area contributed by atoms with Crippen molar-refractivity contribution in [2.75, 3.05) is 6.61 Å². The molecule has 1 rings (SSSR count). The summed E-state index contributed by atoms with van der Waals surface area (Å²) in [7, 11) is 0.601. The molecule has 11 heteroatoms. The highest BCUT2D eigenvalue weighted by molar-refractivity contribution is 5.92. The number of rotatable bonds is 4. The van der Waals surface area contributed by atoms with Gasteiger partial charge in [0.2, 0.25) is 0 Å². The first-order valence-corrected chi connectivity index (χ1v) is 5.42. The first kappa shape index (κ1) is 17.2. The van der Waals surface area contributed by atoms with Crippen molar-refractivity contribution in [3.63, 3.8) is 0 Å². The van der Waals surface area contributed by atoms with Gasteiger partial charge in [-0.25, -0.2) is 13.6 Å². The molecule has 0 aliphatic heterocycles. The molecule has 0 fully saturated rings. The molecule has 1 heterocycles. The van der Waals surface area contributed by atoms with Gasteiger partial charge in [-0.3, -0.25) is 4.68 Å². The number of carbonyl (C=O) groups excluding carboxylic acids is 1. The van der Waals surface area contributed by atoms with Crippen molar-refractivity contribution >= 4 is 5.97 Å². The second-order valence-electron chi connectivity index (χ2n) is 3.83. The summed E-state index contributed by atoms with van der Waals surface area (Å²) in [5, 5.41) is 2.88. The minimum Gasteiger partial charge on any atom is -0.462 e. The predicted octanol–water partition coefficient (Wildman–Crippen LogP) is 3.19. The van der Waals surface area contributed by atoms with Crippen molar-refractivity contribution in [3.05, 3.63) is 17.0 Å². The highest BCUT2D eigenvalue weighted by Crippen LogP contribution is 2.46. The van der Waals surface area contributed by atoms with Crippen molar-refractivity contribution in [2.45, 2.75) is 25.4 Å². The van der Waals surface area contributed by atoms with Gasteiger partial charge in [0, 0.05) is 7.05 Å². The van der Waals surface area contributed by atoms with Gasteiger partial charge in [0.05, 0.1) is 6.61 Å². The predicted molar refractivity (Wildman–Crippen MR) is 54.1 cm³/mol. The summed E-state index contributed by atoms with van der Waals surface area (Å²) in [4.78, 5) is 11.5. The van der Waals surface area contributed by atoms with Crippen molar-refractivity contribution in [1.82, 2.24) is 9.78 Å². The smallest absolute Gasteiger partial charge is 0.459 e. The molecule has 0 aliphatic rings. The average Bonchev–Trinajstić information content (AvgIpc) is 2.66. The van der Waals surface area contributed by atoms with Crippen LogP contribution >= 0.6 is 0 Å². The van der Waals surface area contributed by atoms with Crippen molar-refractivity contribution in [2.24, 2.45) is 7.05 Å². The van der Waals surface area contributed by atoms with Gasteiger partial charge in [-0.1, -0.05) is 0 Å². The van der Waals surface area contributed by atoms with E-state index in [0.717, 1.165) is 0 Å². The largest absolute Gasteiger partial charge is 0.462 e. The Morgan fingerprint density at radius 2 is 1.81 bits per heavy atom. The number of halogens is 7. The van der Waals surface area contributed by atoms with Gasteiger partial charge in [-0.15, -0.1) is 0 Å². The molecule has 0 atom stereocenters. The van der Waals surface area contributed by atoms with Crippen LogP contribution in [-0.2, 0) is 17.7 Å². The van der Waals surface area contributed by atoms with Crippen molar-refractivity contribution in [1.29, 1.82) is 0 Å². The molecule has 21 heavy (non-hydrogen) atoms. The fourth-order valence-electron chi connectivity index (χ4n) is 1.60. The van der Waals surface area contributed by atoms with E-state index >= 15 is 0 Å². The summed E-state index contributed by atoms with van der Waals surface area (Å²) in [5.41, 5.74) is -5.05. The number of hydrogen-bond acceptors (Lipinski definition) is 3. The Bertz CT molecular complexity index is 536. The molecule has 0 spiro atoms. The van der Waals surface area contributed by atoms with Gasteiger partial charge < -0.3 is 4.74 Å². The molecule has 0 aromatic carbocycles. The number of hydrogen-bond donors (Lipinski definition) is 0. The van der Waals surface area contributed by atoms with E-state index < -0.39 is 48.1 Å². The van der Waals surface area contributed by atoms with Crippen LogP contribution in [0, 0.1) is 0 Å². The zero-order chi connectivity index (χ0) is 16.6. The van der Waals surface area contributed by atoms with Gasteiger partial charge in [-0.05, 0) is 6.92 Å². The first-order chi connectivity index (χ1) is 9.45. The molecule has 0 radical (unpaired) electrons. The van der Waals surface area contributed by atoms with E-state index in [-0.39, 0.29) is 4.68 Å². The first-order valence-electron chi connectivity index (χ1n) is 5.42. The van der Waals surface area contributed by atoms with E-state index in [1.165, 1.54) is 6.92 Å². The lowest BCUT2D eigenvalue weighted by atomic mass is 10.1. The average molecular weight is 322 g/mol. The minimum absolute atomic E-state index is 0.0960. The SMILES string of the molecule is CCOC(=O)c1c(C(F)F)nn(C)c1C(F)(F)C(F)(F)F. The molecule has 0 saturated heterocycles. The maximum Gasteiger partial charge on any atom is 0.459 e. The summed E-state index contributed by atoms with van der Waals surface area (Å²) in [6, 6.07) is 0. The molecule has 4 nitrogen and oxygen atoms in total. The van der Waals surface area contributed by atoms with Crippen LogP contribution in [0.2, 0.25) is 0 Å². The number of carbonyl (C=O) groups is 1. The van der Waals surface area contributed by atoms with Crippen molar-refractivity contribution < 1.29 is 40.3 Å². The molecule has 0 aliphatic carbocycles. The zero-order valence-electron chi connectivity index (χ0n) is 10.6. The monoisotopic (exact) mass is 322 g/mol. The third kappa shape index (κ3) is 2.95. The van der Waals surface area contributed by atoms with E-state index in [9.17, 15) is 35.5 Å². The Kier molecular flexibility index (Phi) is 4.54. The van der Waals surface area contributed by atoms with E-state index in [2.05, 4.69) is 9.84 Å². The number of esters is 1. The van der Waals surface area contributed by atoms with Gasteiger partial charge in [0.25, 0.3) is 6.43 Å². The second-order valence-corrected chi connectivity index (χ2v) is 3.83. The van der Waals surface area contributed by atoms with E-state index in [0.29, 0.717) is 7.05 Å². The van der Waals surface area contributed by atoms with E-state index in [1.54, 1.807) is 0 Å². The van der Waals surface area contributed by atoms with Crippen LogP contribution in [0.15, 0.2) is 0 Å². The van der Waals surface area contributed by atoms with E-state index in [4.69, 9.17) is 0 Å². The van der Waals surface area contributed by atoms with Crippen LogP contribution in [0.25, 0.3) is 0 Å². The van der Waals surface area contributed by atoms with Crippen LogP contribution < -0.4 is 0 Å². The summed E-state index contributed by atoms with van der Waals surface area (Å²) in [6.07, 6.45) is -9.60. The Balaban J connectivity index is 3.62. The molecule has 1 aromatic heterocycles. The van der Waals surface area contributed by atoms with Gasteiger partial charge >= 0.3 is 18.1 Å². The molecule has 1 aromatic rings. The lowest BCUT2D eigenvalue weighted by Crippen LogP contribution is -2.37. The van der Waals surface area contributed by atoms with Gasteiger partial charge in [-0.2, -0.15) is 27.1 Å². The third-order valence-corrected chi connectivity index (χ3v) is 2.41. The molecule has 0 amide bonds. The molecule has 0 unspecified atom stereocenters. The Morgan fingerprint density at radius 1 is 1.29 bits per heavy atom. The normalized spacial score (nSPS) is 12.9. The summed E-state index contributed by atoms with van der Waals surface area (Å²) in [5.74, 6) is -7.26. The van der Waals surface area contributed by atoms with Crippen LogP contribution in [0.5, 0.6) is 0 Å². The Labute approximate surface area is 113 Å². The molecule has 0 bridgehead atoms. The lowest BCUT2D eigenvalue weighted by molar-refractivity contribution is -0.292. The van der Waals surface area contributed by atoms with Crippen LogP contribution in [0.3, 0.4) is 0 Å². The maximum atomic E-state index is 13.4. The lowest BCUT2D eigenvalue weighted by Gasteiger charge is -2.20. The number of aromatic nitrogens is 2. The Hall–Kier alpha value is -1.81. The summed E-state index contributed by atoms with van der Waals surface area (Å²) < 4.78 is 93.6. The molecular weight excluding hydrogens is 313 g/mol. The number of ether oxygens (including phenoxy) is 1. The fourth-order valence-corrected chi connectivity index (χ4v) is 1.60. The second kappa shape index (κ2) is 5.53. The quantitative estimate of drug-likeness (QED) is 0.632. The topological polar surface area (TPSA) is 44.1 Å². The minimum atomic E-state index is -6.08. The van der Waals surface area contributed by atoms with Gasteiger partial charge in [0.1, 0.15) is 17.0 Å². The van der Waals surface area contributed by atoms with Gasteiger partial charge in [0.15, 0.2) is 0 Å². The fraction of sp³-hybridized carbons (Fsp3) is 0.600. The summed E-state index contributed by atoms with van der Waals surface area (Å²) in [6.45, 7) is 0.839. The molecule has 0 saturated carbocycles. The van der Waals surface area contributed by atoms with Crippen molar-refractivity contribution in [3.8, 4) is 0 Å². The summed E-state index contributed by atoms with van der Waals surface area (Å²) >= 11 is 0. The number of nitrogens with zero attached hydrogens (tertiary/aromatic N) is 2. The maximum absolute atomic E-state index is 13.4. The zero-order valence-corrected chi connectivity index (χ0v) is 10.6. The van der Waals surface area contributed by atoms with Crippen LogP contribution in [0.4, 0.5) is 30.7 Å². The number of aryl methyl sites for hydroxylation is 1. The highest BCUT2D eigenvalue weighted by atomic mass is 19.4. The Morgan fingerprint density at radius 3 is 2.19 bits per heavy atom. The number of alkyl halides is 7. The standard InChI is InChI=1S/C10H9F7N2O2/c1-3-21-8(20)4-5(7(11)12)18-19(2)6(4)9(13,14)10(15,16)17/h7H,3H2,1-2H3.